The maximum atomic E-state index is 12.1. The molecule has 0 spiro atoms. The van der Waals surface area contributed by atoms with Crippen molar-refractivity contribution in [3.05, 3.63) is 36.4 Å². The van der Waals surface area contributed by atoms with Crippen molar-refractivity contribution in [3.8, 4) is 0 Å². The lowest BCUT2D eigenvalue weighted by Crippen LogP contribution is -2.25. The van der Waals surface area contributed by atoms with E-state index in [0.29, 0.717) is 27.3 Å². The quantitative estimate of drug-likeness (QED) is 0.770. The first-order valence-electron chi connectivity index (χ1n) is 5.53. The standard InChI is InChI=1S/C12H12Cl2N2OS2/c1-7-10(18-6-15-7)5-16(2)4-9(17)8-3-11(13)19-12(8)14/h3,6H,4-5H2,1-2H3. The van der Waals surface area contributed by atoms with Gasteiger partial charge in [-0.2, -0.15) is 0 Å². The molecule has 0 N–H and O–H groups in total. The predicted molar refractivity (Wildman–Crippen MR) is 81.9 cm³/mol. The Morgan fingerprint density at radius 1 is 1.47 bits per heavy atom. The van der Waals surface area contributed by atoms with Crippen LogP contribution in [0.5, 0.6) is 0 Å². The molecule has 2 heterocycles. The van der Waals surface area contributed by atoms with Crippen LogP contribution >= 0.6 is 45.9 Å². The summed E-state index contributed by atoms with van der Waals surface area (Å²) in [5.41, 5.74) is 3.33. The highest BCUT2D eigenvalue weighted by Crippen LogP contribution is 2.31. The van der Waals surface area contributed by atoms with Gasteiger partial charge in [-0.3, -0.25) is 9.69 Å². The fourth-order valence-corrected chi connectivity index (χ4v) is 4.00. The van der Waals surface area contributed by atoms with Crippen LogP contribution in [0.25, 0.3) is 0 Å². The van der Waals surface area contributed by atoms with E-state index in [1.54, 1.807) is 17.4 Å². The summed E-state index contributed by atoms with van der Waals surface area (Å²) in [7, 11) is 1.90. The predicted octanol–water partition coefficient (Wildman–Crippen LogP) is 4.13. The van der Waals surface area contributed by atoms with Crippen molar-refractivity contribution in [2.45, 2.75) is 13.5 Å². The molecule has 0 saturated heterocycles. The van der Waals surface area contributed by atoms with Crippen LogP contribution < -0.4 is 0 Å². The number of carbonyl (C=O) groups is 1. The molecule has 19 heavy (non-hydrogen) atoms. The van der Waals surface area contributed by atoms with E-state index in [4.69, 9.17) is 23.2 Å². The number of thiazole rings is 1. The highest BCUT2D eigenvalue weighted by molar-refractivity contribution is 7.20. The fourth-order valence-electron chi connectivity index (χ4n) is 1.64. The molecular weight excluding hydrogens is 323 g/mol. The second-order valence-electron chi connectivity index (χ2n) is 4.19. The van der Waals surface area contributed by atoms with Crippen LogP contribution in [-0.4, -0.2) is 29.3 Å². The van der Waals surface area contributed by atoms with E-state index in [-0.39, 0.29) is 5.78 Å². The normalized spacial score (nSPS) is 11.2. The zero-order valence-corrected chi connectivity index (χ0v) is 13.6. The minimum atomic E-state index is -0.0159. The molecule has 102 valence electrons. The minimum Gasteiger partial charge on any atom is -0.294 e. The van der Waals surface area contributed by atoms with E-state index in [0.717, 1.165) is 5.69 Å². The molecule has 0 bridgehead atoms. The van der Waals surface area contributed by atoms with Gasteiger partial charge in [0.1, 0.15) is 4.34 Å². The fraction of sp³-hybridized carbons (Fsp3) is 0.333. The largest absolute Gasteiger partial charge is 0.294 e. The van der Waals surface area contributed by atoms with Gasteiger partial charge in [0, 0.05) is 11.4 Å². The number of thiophene rings is 1. The number of carbonyl (C=O) groups excluding carboxylic acids is 1. The molecule has 0 aliphatic heterocycles. The third kappa shape index (κ3) is 3.77. The van der Waals surface area contributed by atoms with Gasteiger partial charge in [0.2, 0.25) is 0 Å². The number of Topliss-reactive ketones (excluding diaryl/α,β-unsaturated/α-hetero) is 1. The van der Waals surface area contributed by atoms with Crippen molar-refractivity contribution in [2.24, 2.45) is 0 Å². The SMILES string of the molecule is Cc1ncsc1CN(C)CC(=O)c1cc(Cl)sc1Cl. The molecule has 2 aromatic rings. The third-order valence-electron chi connectivity index (χ3n) is 2.63. The van der Waals surface area contributed by atoms with Crippen molar-refractivity contribution < 1.29 is 4.79 Å². The molecular formula is C12H12Cl2N2OS2. The second-order valence-corrected chi connectivity index (χ2v) is 7.42. The van der Waals surface area contributed by atoms with Crippen LogP contribution in [0, 0.1) is 6.92 Å². The maximum Gasteiger partial charge on any atom is 0.179 e. The van der Waals surface area contributed by atoms with E-state index in [1.807, 2.05) is 24.4 Å². The Bertz CT molecular complexity index is 594. The Kier molecular flexibility index (Phi) is 4.97. The van der Waals surface area contributed by atoms with Crippen molar-refractivity contribution >= 4 is 51.7 Å². The molecule has 0 atom stereocenters. The van der Waals surface area contributed by atoms with Gasteiger partial charge in [0.15, 0.2) is 5.78 Å². The molecule has 0 saturated carbocycles. The molecule has 2 rings (SSSR count). The smallest absolute Gasteiger partial charge is 0.179 e. The summed E-state index contributed by atoms with van der Waals surface area (Å²) in [6.45, 7) is 2.98. The van der Waals surface area contributed by atoms with Crippen molar-refractivity contribution in [3.63, 3.8) is 0 Å². The van der Waals surface area contributed by atoms with Crippen LogP contribution in [0.4, 0.5) is 0 Å². The summed E-state index contributed by atoms with van der Waals surface area (Å²) in [6, 6.07) is 1.63. The Labute approximate surface area is 129 Å². The highest BCUT2D eigenvalue weighted by atomic mass is 35.5. The number of aryl methyl sites for hydroxylation is 1. The van der Waals surface area contributed by atoms with Gasteiger partial charge in [0.25, 0.3) is 0 Å². The number of hydrogen-bond acceptors (Lipinski definition) is 5. The third-order valence-corrected chi connectivity index (χ3v) is 5.04. The molecule has 0 aliphatic carbocycles. The number of hydrogen-bond donors (Lipinski definition) is 0. The topological polar surface area (TPSA) is 33.2 Å². The number of halogens is 2. The van der Waals surface area contributed by atoms with E-state index < -0.39 is 0 Å². The molecule has 2 aromatic heterocycles. The zero-order valence-electron chi connectivity index (χ0n) is 10.4. The Balaban J connectivity index is 1.99. The van der Waals surface area contributed by atoms with Crippen molar-refractivity contribution in [2.75, 3.05) is 13.6 Å². The lowest BCUT2D eigenvalue weighted by Gasteiger charge is -2.14. The van der Waals surface area contributed by atoms with E-state index in [2.05, 4.69) is 4.98 Å². The number of ketones is 1. The Morgan fingerprint density at radius 2 is 2.21 bits per heavy atom. The molecule has 0 aromatic carbocycles. The monoisotopic (exact) mass is 334 g/mol. The average Bonchev–Trinajstić information content (AvgIpc) is 2.85. The van der Waals surface area contributed by atoms with Gasteiger partial charge in [-0.25, -0.2) is 4.98 Å². The number of rotatable bonds is 5. The van der Waals surface area contributed by atoms with Crippen molar-refractivity contribution in [1.29, 1.82) is 0 Å². The summed E-state index contributed by atoms with van der Waals surface area (Å²) in [5, 5.41) is 0. The minimum absolute atomic E-state index is 0.0159. The Hall–Kier alpha value is -0.460. The van der Waals surface area contributed by atoms with Gasteiger partial charge in [-0.05, 0) is 20.0 Å². The van der Waals surface area contributed by atoms with Crippen LogP contribution in [0.2, 0.25) is 8.67 Å². The average molecular weight is 335 g/mol. The molecule has 0 aliphatic rings. The van der Waals surface area contributed by atoms with E-state index in [9.17, 15) is 4.79 Å². The summed E-state index contributed by atoms with van der Waals surface area (Å²) >= 11 is 14.6. The first-order valence-corrected chi connectivity index (χ1v) is 7.98. The lowest BCUT2D eigenvalue weighted by molar-refractivity contribution is 0.0944. The Morgan fingerprint density at radius 3 is 2.74 bits per heavy atom. The first-order chi connectivity index (χ1) is 8.97. The van der Waals surface area contributed by atoms with Crippen LogP contribution in [0.15, 0.2) is 11.6 Å². The number of aromatic nitrogens is 1. The molecule has 3 nitrogen and oxygen atoms in total. The van der Waals surface area contributed by atoms with Crippen LogP contribution in [0.1, 0.15) is 20.9 Å². The summed E-state index contributed by atoms with van der Waals surface area (Å²) < 4.78 is 0.992. The maximum absolute atomic E-state index is 12.1. The van der Waals surface area contributed by atoms with E-state index >= 15 is 0 Å². The first kappa shape index (κ1) is 14.9. The zero-order chi connectivity index (χ0) is 14.0. The number of likely N-dealkylation sites (N-methyl/N-ethyl adjacent to an activating group) is 1. The van der Waals surface area contributed by atoms with Gasteiger partial charge < -0.3 is 0 Å². The van der Waals surface area contributed by atoms with Crippen molar-refractivity contribution in [1.82, 2.24) is 9.88 Å². The van der Waals surface area contributed by atoms with Gasteiger partial charge in [0.05, 0.1) is 27.6 Å². The summed E-state index contributed by atoms with van der Waals surface area (Å²) in [5.74, 6) is -0.0159. The summed E-state index contributed by atoms with van der Waals surface area (Å²) in [4.78, 5) is 19.4. The summed E-state index contributed by atoms with van der Waals surface area (Å²) in [6.07, 6.45) is 0. The molecule has 0 unspecified atom stereocenters. The van der Waals surface area contributed by atoms with Gasteiger partial charge >= 0.3 is 0 Å². The molecule has 7 heteroatoms. The molecule has 0 fully saturated rings. The van der Waals surface area contributed by atoms with Gasteiger partial charge in [-0.15, -0.1) is 22.7 Å². The molecule has 0 radical (unpaired) electrons. The highest BCUT2D eigenvalue weighted by Gasteiger charge is 2.16. The van der Waals surface area contributed by atoms with Crippen LogP contribution in [-0.2, 0) is 6.54 Å². The van der Waals surface area contributed by atoms with Gasteiger partial charge in [-0.1, -0.05) is 23.2 Å². The van der Waals surface area contributed by atoms with E-state index in [1.165, 1.54) is 16.2 Å². The molecule has 0 amide bonds. The lowest BCUT2D eigenvalue weighted by atomic mass is 10.2. The number of nitrogens with zero attached hydrogens (tertiary/aromatic N) is 2. The second kappa shape index (κ2) is 6.33. The van der Waals surface area contributed by atoms with Crippen LogP contribution in [0.3, 0.4) is 0 Å².